The average molecular weight is 353 g/mol. The van der Waals surface area contributed by atoms with Crippen LogP contribution < -0.4 is 0 Å². The summed E-state index contributed by atoms with van der Waals surface area (Å²) < 4.78 is 12.2. The van der Waals surface area contributed by atoms with Crippen molar-refractivity contribution in [3.05, 3.63) is 82.9 Å². The predicted octanol–water partition coefficient (Wildman–Crippen LogP) is 7.27. The maximum Gasteiger partial charge on any atom is 0.0894 e. The van der Waals surface area contributed by atoms with Crippen molar-refractivity contribution in [2.75, 3.05) is 6.67 Å². The molecule has 2 heteroatoms. The van der Waals surface area contributed by atoms with E-state index in [9.17, 15) is 4.39 Å². The molecule has 0 atom stereocenters. The van der Waals surface area contributed by atoms with Gasteiger partial charge < -0.3 is 0 Å². The fourth-order valence-corrected chi connectivity index (χ4v) is 3.24. The van der Waals surface area contributed by atoms with E-state index in [1.807, 2.05) is 6.07 Å². The van der Waals surface area contributed by atoms with Crippen LogP contribution in [0.2, 0.25) is 5.02 Å². The predicted molar refractivity (Wildman–Crippen MR) is 106 cm³/mol. The normalized spacial score (nSPS) is 10.8. The highest BCUT2D eigenvalue weighted by molar-refractivity contribution is 6.33. The molecule has 0 unspecified atom stereocenters. The SMILES string of the molecule is Cc1ccc(-c2ccc(-c3ccc(CCCCF)cc3)cc2Cl)cc1. The van der Waals surface area contributed by atoms with Gasteiger partial charge in [0, 0.05) is 10.6 Å². The van der Waals surface area contributed by atoms with Gasteiger partial charge in [0.1, 0.15) is 0 Å². The third-order valence-electron chi connectivity index (χ3n) is 4.47. The molecule has 3 aromatic carbocycles. The molecule has 0 saturated heterocycles. The van der Waals surface area contributed by atoms with Gasteiger partial charge in [-0.25, -0.2) is 0 Å². The summed E-state index contributed by atoms with van der Waals surface area (Å²) in [7, 11) is 0. The van der Waals surface area contributed by atoms with Crippen LogP contribution in [0.25, 0.3) is 22.3 Å². The van der Waals surface area contributed by atoms with E-state index in [4.69, 9.17) is 11.6 Å². The van der Waals surface area contributed by atoms with E-state index in [-0.39, 0.29) is 6.67 Å². The Bertz CT molecular complexity index is 820. The molecule has 0 heterocycles. The van der Waals surface area contributed by atoms with Gasteiger partial charge in [-0.3, -0.25) is 4.39 Å². The lowest BCUT2D eigenvalue weighted by molar-refractivity contribution is 0.462. The lowest BCUT2D eigenvalue weighted by Crippen LogP contribution is -1.87. The molecule has 0 bridgehead atoms. The van der Waals surface area contributed by atoms with Crippen molar-refractivity contribution in [2.45, 2.75) is 26.2 Å². The molecule has 25 heavy (non-hydrogen) atoms. The van der Waals surface area contributed by atoms with Crippen LogP contribution in [0, 0.1) is 6.92 Å². The Kier molecular flexibility index (Phi) is 5.88. The number of aryl methyl sites for hydroxylation is 2. The van der Waals surface area contributed by atoms with Crippen molar-refractivity contribution in [3.8, 4) is 22.3 Å². The first-order chi connectivity index (χ1) is 12.2. The average Bonchev–Trinajstić information content (AvgIpc) is 2.63. The topological polar surface area (TPSA) is 0 Å². The van der Waals surface area contributed by atoms with Gasteiger partial charge in [0.05, 0.1) is 6.67 Å². The molecule has 0 aromatic heterocycles. The number of unbranched alkanes of at least 4 members (excludes halogenated alkanes) is 1. The molecular weight excluding hydrogens is 331 g/mol. The van der Waals surface area contributed by atoms with Crippen LogP contribution in [0.1, 0.15) is 24.0 Å². The molecule has 3 rings (SSSR count). The highest BCUT2D eigenvalue weighted by Crippen LogP contribution is 2.32. The van der Waals surface area contributed by atoms with E-state index in [0.717, 1.165) is 40.1 Å². The fraction of sp³-hybridized carbons (Fsp3) is 0.217. The zero-order valence-electron chi connectivity index (χ0n) is 14.4. The van der Waals surface area contributed by atoms with Crippen molar-refractivity contribution < 1.29 is 4.39 Å². The van der Waals surface area contributed by atoms with Crippen molar-refractivity contribution >= 4 is 11.6 Å². The number of hydrogen-bond acceptors (Lipinski definition) is 0. The van der Waals surface area contributed by atoms with Gasteiger partial charge in [-0.1, -0.05) is 77.8 Å². The molecule has 3 aromatic rings. The first-order valence-corrected chi connectivity index (χ1v) is 9.07. The molecule has 0 amide bonds. The first kappa shape index (κ1) is 17.7. The quantitative estimate of drug-likeness (QED) is 0.409. The third-order valence-corrected chi connectivity index (χ3v) is 4.78. The molecule has 0 saturated carbocycles. The second-order valence-electron chi connectivity index (χ2n) is 6.40. The molecule has 0 aliphatic heterocycles. The van der Waals surface area contributed by atoms with Crippen LogP contribution in [0.5, 0.6) is 0 Å². The molecule has 128 valence electrons. The van der Waals surface area contributed by atoms with Gasteiger partial charge in [0.2, 0.25) is 0 Å². The molecule has 0 N–H and O–H groups in total. The maximum absolute atomic E-state index is 12.2. The molecule has 0 radical (unpaired) electrons. The summed E-state index contributed by atoms with van der Waals surface area (Å²) in [5, 5.41) is 0.758. The minimum atomic E-state index is -0.232. The summed E-state index contributed by atoms with van der Waals surface area (Å²) in [6, 6.07) is 23.1. The van der Waals surface area contributed by atoms with Gasteiger partial charge in [0.15, 0.2) is 0 Å². The number of benzene rings is 3. The Morgan fingerprint density at radius 1 is 0.760 bits per heavy atom. The molecule has 0 spiro atoms. The second kappa shape index (κ2) is 8.31. The standard InChI is InChI=1S/C23H22ClF/c1-17-5-9-20(10-6-17)22-14-13-21(16-23(22)24)19-11-7-18(8-12-19)4-2-3-15-25/h5-14,16H,2-4,15H2,1H3. The van der Waals surface area contributed by atoms with E-state index < -0.39 is 0 Å². The van der Waals surface area contributed by atoms with Crippen molar-refractivity contribution in [3.63, 3.8) is 0 Å². The minimum Gasteiger partial charge on any atom is -0.251 e. The van der Waals surface area contributed by atoms with Crippen LogP contribution in [0.3, 0.4) is 0 Å². The summed E-state index contributed by atoms with van der Waals surface area (Å²) in [6.07, 6.45) is 2.46. The minimum absolute atomic E-state index is 0.232. The molecule has 0 nitrogen and oxygen atoms in total. The van der Waals surface area contributed by atoms with Gasteiger partial charge in [0.25, 0.3) is 0 Å². The van der Waals surface area contributed by atoms with Gasteiger partial charge in [-0.05, 0) is 54.5 Å². The van der Waals surface area contributed by atoms with E-state index >= 15 is 0 Å². The van der Waals surface area contributed by atoms with Crippen molar-refractivity contribution in [2.24, 2.45) is 0 Å². The maximum atomic E-state index is 12.2. The smallest absolute Gasteiger partial charge is 0.0894 e. The highest BCUT2D eigenvalue weighted by atomic mass is 35.5. The monoisotopic (exact) mass is 352 g/mol. The number of rotatable bonds is 6. The summed E-state index contributed by atoms with van der Waals surface area (Å²) >= 11 is 6.53. The van der Waals surface area contributed by atoms with E-state index in [1.165, 1.54) is 11.1 Å². The summed E-state index contributed by atoms with van der Waals surface area (Å²) in [6.45, 7) is 1.85. The number of hydrogen-bond donors (Lipinski definition) is 0. The Labute approximate surface area is 154 Å². The Hall–Kier alpha value is -2.12. The zero-order valence-corrected chi connectivity index (χ0v) is 15.2. The molecule has 0 aliphatic carbocycles. The first-order valence-electron chi connectivity index (χ1n) is 8.69. The fourth-order valence-electron chi connectivity index (χ4n) is 2.95. The Morgan fingerprint density at radius 2 is 1.40 bits per heavy atom. The van der Waals surface area contributed by atoms with E-state index in [2.05, 4.69) is 67.6 Å². The lowest BCUT2D eigenvalue weighted by atomic mass is 9.98. The van der Waals surface area contributed by atoms with Crippen LogP contribution in [-0.2, 0) is 6.42 Å². The Balaban J connectivity index is 1.79. The van der Waals surface area contributed by atoms with Crippen molar-refractivity contribution in [1.29, 1.82) is 0 Å². The summed E-state index contributed by atoms with van der Waals surface area (Å²) in [4.78, 5) is 0. The van der Waals surface area contributed by atoms with Crippen LogP contribution in [0.15, 0.2) is 66.7 Å². The van der Waals surface area contributed by atoms with E-state index in [0.29, 0.717) is 6.42 Å². The van der Waals surface area contributed by atoms with Crippen LogP contribution in [-0.4, -0.2) is 6.67 Å². The van der Waals surface area contributed by atoms with E-state index in [1.54, 1.807) is 0 Å². The lowest BCUT2D eigenvalue weighted by Gasteiger charge is -2.09. The summed E-state index contributed by atoms with van der Waals surface area (Å²) in [5.74, 6) is 0. The number of alkyl halides is 1. The van der Waals surface area contributed by atoms with Gasteiger partial charge in [-0.15, -0.1) is 0 Å². The van der Waals surface area contributed by atoms with Gasteiger partial charge >= 0.3 is 0 Å². The molecule has 0 fully saturated rings. The van der Waals surface area contributed by atoms with Gasteiger partial charge in [-0.2, -0.15) is 0 Å². The van der Waals surface area contributed by atoms with Crippen molar-refractivity contribution in [1.82, 2.24) is 0 Å². The third kappa shape index (κ3) is 4.49. The second-order valence-corrected chi connectivity index (χ2v) is 6.81. The zero-order chi connectivity index (χ0) is 17.6. The highest BCUT2D eigenvalue weighted by Gasteiger charge is 2.06. The van der Waals surface area contributed by atoms with Crippen LogP contribution >= 0.6 is 11.6 Å². The van der Waals surface area contributed by atoms with Crippen LogP contribution in [0.4, 0.5) is 4.39 Å². The molecular formula is C23H22ClF. The summed E-state index contributed by atoms with van der Waals surface area (Å²) in [5.41, 5.74) is 6.92. The molecule has 0 aliphatic rings. The largest absolute Gasteiger partial charge is 0.251 e. The Morgan fingerprint density at radius 3 is 2.04 bits per heavy atom. The number of halogens is 2.